The number of hydrogen-bond donors (Lipinski definition) is 0. The molecule has 8 heteroatoms. The number of rotatable bonds is 10. The van der Waals surface area contributed by atoms with E-state index in [0.717, 1.165) is 21.9 Å². The van der Waals surface area contributed by atoms with E-state index >= 15 is 0 Å². The van der Waals surface area contributed by atoms with Crippen LogP contribution in [0.2, 0.25) is 0 Å². The van der Waals surface area contributed by atoms with Crippen molar-refractivity contribution in [2.45, 2.75) is 38.3 Å². The Kier molecular flexibility index (Phi) is 8.91. The standard InChI is InChI=1S/C33H34N2O6/c1-38-29-16-10-15-24-17-26(34-27(30(24)29)21-41-20-23-13-8-5-9-14-23)31-25(32(36)39-2)18-28(33(37)40-3)35(31)19-22-11-6-4-7-12-22/h4-17,25,28,31H,18-21H2,1-3H3/t25-,28+,31-/m1/s1. The summed E-state index contributed by atoms with van der Waals surface area (Å²) in [5, 5.41) is 1.75. The first-order chi connectivity index (χ1) is 20.0. The summed E-state index contributed by atoms with van der Waals surface area (Å²) in [7, 11) is 4.37. The second-order valence-electron chi connectivity index (χ2n) is 10.0. The number of fused-ring (bicyclic) bond motifs is 1. The molecule has 0 aliphatic carbocycles. The molecule has 0 radical (unpaired) electrons. The maximum Gasteiger partial charge on any atom is 0.323 e. The fraction of sp³-hybridized carbons (Fsp3) is 0.303. The van der Waals surface area contributed by atoms with Crippen molar-refractivity contribution in [3.05, 3.63) is 107 Å². The highest BCUT2D eigenvalue weighted by atomic mass is 16.5. The van der Waals surface area contributed by atoms with Crippen LogP contribution in [-0.2, 0) is 43.6 Å². The molecule has 0 unspecified atom stereocenters. The number of pyridine rings is 1. The highest BCUT2D eigenvalue weighted by Crippen LogP contribution is 2.44. The number of benzene rings is 3. The van der Waals surface area contributed by atoms with Crippen LogP contribution in [0.3, 0.4) is 0 Å². The Morgan fingerprint density at radius 3 is 2.17 bits per heavy atom. The van der Waals surface area contributed by atoms with Crippen LogP contribution in [0.1, 0.15) is 35.0 Å². The van der Waals surface area contributed by atoms with Crippen LogP contribution in [0.15, 0.2) is 84.9 Å². The van der Waals surface area contributed by atoms with Crippen LogP contribution in [0.4, 0.5) is 0 Å². The van der Waals surface area contributed by atoms with Crippen molar-refractivity contribution in [3.63, 3.8) is 0 Å². The first-order valence-electron chi connectivity index (χ1n) is 13.6. The molecule has 0 spiro atoms. The second-order valence-corrected chi connectivity index (χ2v) is 10.0. The Morgan fingerprint density at radius 2 is 1.51 bits per heavy atom. The van der Waals surface area contributed by atoms with Gasteiger partial charge in [-0.25, -0.2) is 0 Å². The third-order valence-corrected chi connectivity index (χ3v) is 7.59. The molecule has 0 bridgehead atoms. The number of carbonyl (C=O) groups is 2. The second kappa shape index (κ2) is 12.9. The number of nitrogens with zero attached hydrogens (tertiary/aromatic N) is 2. The molecule has 1 aliphatic rings. The quantitative estimate of drug-likeness (QED) is 0.246. The maximum atomic E-state index is 13.2. The lowest BCUT2D eigenvalue weighted by Gasteiger charge is -2.30. The third kappa shape index (κ3) is 6.09. The summed E-state index contributed by atoms with van der Waals surface area (Å²) >= 11 is 0. The van der Waals surface area contributed by atoms with Gasteiger partial charge in [-0.05, 0) is 35.1 Å². The molecule has 1 fully saturated rings. The number of carbonyl (C=O) groups excluding carboxylic acids is 2. The van der Waals surface area contributed by atoms with Crippen LogP contribution < -0.4 is 4.74 Å². The molecular weight excluding hydrogens is 520 g/mol. The van der Waals surface area contributed by atoms with Gasteiger partial charge in [-0.15, -0.1) is 0 Å². The molecule has 0 N–H and O–H groups in total. The van der Waals surface area contributed by atoms with Crippen molar-refractivity contribution in [2.24, 2.45) is 5.92 Å². The Hall–Kier alpha value is -4.27. The van der Waals surface area contributed by atoms with Crippen LogP contribution in [0.25, 0.3) is 10.8 Å². The molecule has 41 heavy (non-hydrogen) atoms. The number of esters is 2. The van der Waals surface area contributed by atoms with Gasteiger partial charge in [0.1, 0.15) is 11.8 Å². The molecule has 5 rings (SSSR count). The van der Waals surface area contributed by atoms with Gasteiger partial charge < -0.3 is 18.9 Å². The Morgan fingerprint density at radius 1 is 0.829 bits per heavy atom. The minimum absolute atomic E-state index is 0.230. The summed E-state index contributed by atoms with van der Waals surface area (Å²) < 4.78 is 22.2. The number of hydrogen-bond acceptors (Lipinski definition) is 8. The van der Waals surface area contributed by atoms with Crippen LogP contribution in [0.5, 0.6) is 5.75 Å². The SMILES string of the molecule is COC(=O)[C@@H]1C[C@@H](C(=O)OC)N(Cc2ccccc2)[C@H]1c1cc2cccc(OC)c2c(COCc2ccccc2)n1. The number of aromatic nitrogens is 1. The summed E-state index contributed by atoms with van der Waals surface area (Å²) in [5.74, 6) is -0.731. The highest BCUT2D eigenvalue weighted by Gasteiger charge is 2.50. The summed E-state index contributed by atoms with van der Waals surface area (Å²) in [6.45, 7) is 1.08. The lowest BCUT2D eigenvalue weighted by molar-refractivity contribution is -0.147. The molecular formula is C33H34N2O6. The van der Waals surface area contributed by atoms with Gasteiger partial charge >= 0.3 is 11.9 Å². The van der Waals surface area contributed by atoms with E-state index in [2.05, 4.69) is 0 Å². The lowest BCUT2D eigenvalue weighted by atomic mass is 9.94. The Labute approximate surface area is 239 Å². The largest absolute Gasteiger partial charge is 0.496 e. The average molecular weight is 555 g/mol. The fourth-order valence-electron chi connectivity index (χ4n) is 5.70. The number of likely N-dealkylation sites (tertiary alicyclic amines) is 1. The van der Waals surface area contributed by atoms with Gasteiger partial charge in [0.15, 0.2) is 0 Å². The topological polar surface area (TPSA) is 87.2 Å². The zero-order valence-corrected chi connectivity index (χ0v) is 23.5. The van der Waals surface area contributed by atoms with E-state index in [4.69, 9.17) is 23.9 Å². The van der Waals surface area contributed by atoms with E-state index in [-0.39, 0.29) is 13.0 Å². The van der Waals surface area contributed by atoms with E-state index in [1.165, 1.54) is 14.2 Å². The van der Waals surface area contributed by atoms with Gasteiger partial charge in [-0.1, -0.05) is 72.8 Å². The van der Waals surface area contributed by atoms with Gasteiger partial charge in [0.2, 0.25) is 0 Å². The number of methoxy groups -OCH3 is 3. The molecule has 4 aromatic rings. The Bertz CT molecular complexity index is 1490. The molecule has 1 aromatic heterocycles. The first-order valence-corrected chi connectivity index (χ1v) is 13.6. The van der Waals surface area contributed by atoms with E-state index in [1.807, 2.05) is 89.8 Å². The van der Waals surface area contributed by atoms with E-state index in [9.17, 15) is 9.59 Å². The van der Waals surface area contributed by atoms with Gasteiger partial charge in [0.25, 0.3) is 0 Å². The highest BCUT2D eigenvalue weighted by molar-refractivity contribution is 5.91. The predicted molar refractivity (Wildman–Crippen MR) is 154 cm³/mol. The number of ether oxygens (including phenoxy) is 4. The van der Waals surface area contributed by atoms with Gasteiger partial charge in [-0.2, -0.15) is 0 Å². The van der Waals surface area contributed by atoms with E-state index in [0.29, 0.717) is 30.3 Å². The molecule has 0 amide bonds. The summed E-state index contributed by atoms with van der Waals surface area (Å²) in [6.07, 6.45) is 0.258. The van der Waals surface area contributed by atoms with Crippen LogP contribution in [-0.4, -0.2) is 49.2 Å². The first kappa shape index (κ1) is 28.3. The van der Waals surface area contributed by atoms with Crippen molar-refractivity contribution in [3.8, 4) is 5.75 Å². The predicted octanol–water partition coefficient (Wildman–Crippen LogP) is 5.24. The molecule has 0 saturated carbocycles. The van der Waals surface area contributed by atoms with Gasteiger partial charge in [-0.3, -0.25) is 19.5 Å². The zero-order valence-electron chi connectivity index (χ0n) is 23.5. The summed E-state index contributed by atoms with van der Waals surface area (Å²) in [4.78, 5) is 33.3. The van der Waals surface area contributed by atoms with Crippen LogP contribution >= 0.6 is 0 Å². The summed E-state index contributed by atoms with van der Waals surface area (Å²) in [5.41, 5.74) is 3.40. The monoisotopic (exact) mass is 554 g/mol. The minimum atomic E-state index is -0.644. The van der Waals surface area contributed by atoms with Gasteiger partial charge in [0.05, 0.1) is 57.9 Å². The zero-order chi connectivity index (χ0) is 28.8. The smallest absolute Gasteiger partial charge is 0.323 e. The molecule has 2 heterocycles. The average Bonchev–Trinajstić information content (AvgIpc) is 3.39. The fourth-order valence-corrected chi connectivity index (χ4v) is 5.70. The van der Waals surface area contributed by atoms with E-state index in [1.54, 1.807) is 7.11 Å². The lowest BCUT2D eigenvalue weighted by Crippen LogP contribution is -2.38. The molecule has 1 saturated heterocycles. The molecule has 3 aromatic carbocycles. The summed E-state index contributed by atoms with van der Waals surface area (Å²) in [6, 6.07) is 26.4. The van der Waals surface area contributed by atoms with Crippen molar-refractivity contribution in [2.75, 3.05) is 21.3 Å². The van der Waals surface area contributed by atoms with Crippen molar-refractivity contribution < 1.29 is 28.5 Å². The molecule has 1 aliphatic heterocycles. The molecule has 8 nitrogen and oxygen atoms in total. The molecule has 212 valence electrons. The Balaban J connectivity index is 1.60. The normalized spacial score (nSPS) is 18.8. The van der Waals surface area contributed by atoms with Crippen LogP contribution in [0, 0.1) is 5.92 Å². The van der Waals surface area contributed by atoms with Crippen molar-refractivity contribution in [1.82, 2.24) is 9.88 Å². The third-order valence-electron chi connectivity index (χ3n) is 7.59. The van der Waals surface area contributed by atoms with Gasteiger partial charge in [0, 0.05) is 11.9 Å². The maximum absolute atomic E-state index is 13.2. The minimum Gasteiger partial charge on any atom is -0.496 e. The van der Waals surface area contributed by atoms with Crippen molar-refractivity contribution in [1.29, 1.82) is 0 Å². The molecule has 3 atom stereocenters. The van der Waals surface area contributed by atoms with Crippen molar-refractivity contribution >= 4 is 22.7 Å². The van der Waals surface area contributed by atoms with E-state index < -0.39 is 29.9 Å².